The van der Waals surface area contributed by atoms with Crippen LogP contribution in [0.15, 0.2) is 70.2 Å². The van der Waals surface area contributed by atoms with Crippen molar-refractivity contribution in [2.45, 2.75) is 32.6 Å². The largest absolute Gasteiger partial charge is 0.277 e. The van der Waals surface area contributed by atoms with E-state index in [0.717, 1.165) is 12.0 Å². The summed E-state index contributed by atoms with van der Waals surface area (Å²) in [5.41, 5.74) is 10.00. The second-order valence-corrected chi connectivity index (χ2v) is 9.52. The second-order valence-electron chi connectivity index (χ2n) is 9.52. The zero-order chi connectivity index (χ0) is 23.7. The van der Waals surface area contributed by atoms with Gasteiger partial charge in [0.1, 0.15) is 6.34 Å². The van der Waals surface area contributed by atoms with E-state index in [0.29, 0.717) is 0 Å². The zero-order valence-electron chi connectivity index (χ0n) is 20.3. The summed E-state index contributed by atoms with van der Waals surface area (Å²) in [7, 11) is 1.73. The fourth-order valence-corrected chi connectivity index (χ4v) is 5.01. The van der Waals surface area contributed by atoms with Crippen LogP contribution in [0, 0.1) is 0 Å². The molecule has 34 heavy (non-hydrogen) atoms. The molecule has 2 aliphatic rings. The van der Waals surface area contributed by atoms with Crippen LogP contribution in [0.5, 0.6) is 0 Å². The second kappa shape index (κ2) is 8.87. The summed E-state index contributed by atoms with van der Waals surface area (Å²) < 4.78 is 0. The molecule has 0 spiro atoms. The summed E-state index contributed by atoms with van der Waals surface area (Å²) >= 11 is 0. The van der Waals surface area contributed by atoms with Crippen LogP contribution in [0.2, 0.25) is 0 Å². The maximum atomic E-state index is 4.29. The normalized spacial score (nSPS) is 19.0. The summed E-state index contributed by atoms with van der Waals surface area (Å²) in [6.45, 7) is 6.91. The smallest absolute Gasteiger partial charge is 0.109 e. The average Bonchev–Trinajstić information content (AvgIpc) is 3.08. The molecular weight excluding hydrogens is 412 g/mol. The minimum Gasteiger partial charge on any atom is -0.277 e. The molecule has 168 valence electrons. The Balaban J connectivity index is 1.84. The van der Waals surface area contributed by atoms with E-state index in [1.54, 1.807) is 13.4 Å². The number of rotatable bonds is 2. The van der Waals surface area contributed by atoms with Crippen molar-refractivity contribution < 1.29 is 0 Å². The molecule has 0 saturated carbocycles. The highest BCUT2D eigenvalue weighted by Crippen LogP contribution is 2.41. The molecule has 3 aromatic rings. The molecule has 0 radical (unpaired) electrons. The predicted molar refractivity (Wildman–Crippen MR) is 151 cm³/mol. The first-order valence-corrected chi connectivity index (χ1v) is 11.9. The fraction of sp³-hybridized carbons (Fsp3) is 0.188. The summed E-state index contributed by atoms with van der Waals surface area (Å²) in [4.78, 5) is 8.24. The molecule has 2 aliphatic carbocycles. The Hall–Kier alpha value is -3.78. The molecular formula is C32H30N2. The van der Waals surface area contributed by atoms with Gasteiger partial charge in [0.05, 0.1) is 0 Å². The Kier molecular flexibility index (Phi) is 5.75. The van der Waals surface area contributed by atoms with Crippen molar-refractivity contribution in [2.24, 2.45) is 9.98 Å². The number of nitrogens with zero attached hydrogens (tertiary/aromatic N) is 2. The summed E-state index contributed by atoms with van der Waals surface area (Å²) in [5.74, 6) is 0. The zero-order valence-corrected chi connectivity index (χ0v) is 20.3. The van der Waals surface area contributed by atoms with Crippen molar-refractivity contribution in [3.8, 4) is 0 Å². The summed E-state index contributed by atoms with van der Waals surface area (Å²) in [6.07, 6.45) is 20.5. The first-order valence-electron chi connectivity index (χ1n) is 11.9. The standard InChI is InChI=1S/C32H30N2/c1-22-18-30-28-13-9-8-12-26(28)25-10-6-5-7-11-27(25)29(30)16-15-24-19-23(20-34-21-33-4)14-17-31(24)32(22,2)3/h6-21H,5H2,1-4H3/b16-15+,22-18+,33-21?,34-20?. The molecule has 0 atom stereocenters. The first kappa shape index (κ1) is 22.0. The van der Waals surface area contributed by atoms with Gasteiger partial charge in [0, 0.05) is 18.7 Å². The third-order valence-electron chi connectivity index (χ3n) is 7.15. The lowest BCUT2D eigenvalue weighted by atomic mass is 9.75. The van der Waals surface area contributed by atoms with Crippen LogP contribution in [-0.2, 0) is 5.41 Å². The number of hydrogen-bond donors (Lipinski definition) is 0. The van der Waals surface area contributed by atoms with Gasteiger partial charge in [0.15, 0.2) is 0 Å². The molecule has 0 aromatic heterocycles. The minimum atomic E-state index is -0.120. The monoisotopic (exact) mass is 442 g/mol. The Morgan fingerprint density at radius 1 is 0.824 bits per heavy atom. The number of benzene rings is 3. The van der Waals surface area contributed by atoms with E-state index in [1.165, 1.54) is 49.7 Å². The molecule has 0 heterocycles. The number of aliphatic imine (C=N–C) groups is 2. The molecule has 0 N–H and O–H groups in total. The molecule has 0 amide bonds. The van der Waals surface area contributed by atoms with Crippen molar-refractivity contribution in [2.75, 3.05) is 7.05 Å². The molecule has 2 heteroatoms. The highest BCUT2D eigenvalue weighted by atomic mass is 14.8. The van der Waals surface area contributed by atoms with Gasteiger partial charge in [-0.3, -0.25) is 4.99 Å². The van der Waals surface area contributed by atoms with Gasteiger partial charge >= 0.3 is 0 Å². The van der Waals surface area contributed by atoms with Gasteiger partial charge in [-0.15, -0.1) is 0 Å². The van der Waals surface area contributed by atoms with E-state index < -0.39 is 0 Å². The van der Waals surface area contributed by atoms with Crippen molar-refractivity contribution >= 4 is 53.7 Å². The molecule has 0 saturated heterocycles. The molecule has 0 fully saturated rings. The maximum absolute atomic E-state index is 4.29. The van der Waals surface area contributed by atoms with Crippen LogP contribution in [0.25, 0.3) is 41.2 Å². The van der Waals surface area contributed by atoms with E-state index in [9.17, 15) is 0 Å². The number of allylic oxidation sites excluding steroid dienone is 3. The van der Waals surface area contributed by atoms with Gasteiger partial charge in [-0.25, -0.2) is 4.99 Å². The number of fused-ring (bicyclic) bond motifs is 7. The lowest BCUT2D eigenvalue weighted by Gasteiger charge is -2.29. The third kappa shape index (κ3) is 3.80. The van der Waals surface area contributed by atoms with Gasteiger partial charge in [0.25, 0.3) is 0 Å². The Labute approximate surface area is 202 Å². The van der Waals surface area contributed by atoms with E-state index in [-0.39, 0.29) is 5.41 Å². The van der Waals surface area contributed by atoms with E-state index in [2.05, 4.69) is 116 Å². The van der Waals surface area contributed by atoms with E-state index in [1.807, 2.05) is 6.21 Å². The van der Waals surface area contributed by atoms with Crippen LogP contribution >= 0.6 is 0 Å². The summed E-state index contributed by atoms with van der Waals surface area (Å²) in [6, 6.07) is 15.4. The van der Waals surface area contributed by atoms with Crippen molar-refractivity contribution in [3.05, 3.63) is 99.1 Å². The SMILES string of the molecule is CN=CN=Cc1ccc2c(c1)/C=C/c1c3c(c4ccccc4c1/C=C(\C)C2(C)C)C=CCC=C3. The Morgan fingerprint density at radius 2 is 1.53 bits per heavy atom. The minimum absolute atomic E-state index is 0.120. The predicted octanol–water partition coefficient (Wildman–Crippen LogP) is 8.21. The first-order chi connectivity index (χ1) is 16.5. The third-order valence-corrected chi connectivity index (χ3v) is 7.15. The number of hydrogen-bond acceptors (Lipinski definition) is 1. The van der Waals surface area contributed by atoms with Gasteiger partial charge < -0.3 is 0 Å². The Bertz CT molecular complexity index is 1460. The molecule has 5 rings (SSSR count). The highest BCUT2D eigenvalue weighted by Gasteiger charge is 2.27. The fourth-order valence-electron chi connectivity index (χ4n) is 5.01. The van der Waals surface area contributed by atoms with Crippen LogP contribution in [0.3, 0.4) is 0 Å². The van der Waals surface area contributed by atoms with Crippen LogP contribution in [-0.4, -0.2) is 19.6 Å². The average molecular weight is 443 g/mol. The lowest BCUT2D eigenvalue weighted by molar-refractivity contribution is 0.627. The van der Waals surface area contributed by atoms with E-state index >= 15 is 0 Å². The van der Waals surface area contributed by atoms with Crippen LogP contribution in [0.4, 0.5) is 0 Å². The summed E-state index contributed by atoms with van der Waals surface area (Å²) in [5, 5.41) is 2.61. The van der Waals surface area contributed by atoms with Gasteiger partial charge in [-0.05, 0) is 69.1 Å². The van der Waals surface area contributed by atoms with Crippen molar-refractivity contribution in [3.63, 3.8) is 0 Å². The van der Waals surface area contributed by atoms with Gasteiger partial charge in [-0.1, -0.05) is 98.4 Å². The molecule has 2 nitrogen and oxygen atoms in total. The molecule has 0 aliphatic heterocycles. The molecule has 3 aromatic carbocycles. The van der Waals surface area contributed by atoms with Gasteiger partial charge in [-0.2, -0.15) is 0 Å². The van der Waals surface area contributed by atoms with Crippen molar-refractivity contribution in [1.29, 1.82) is 0 Å². The Morgan fingerprint density at radius 3 is 2.29 bits per heavy atom. The topological polar surface area (TPSA) is 24.7 Å². The molecule has 0 bridgehead atoms. The highest BCUT2D eigenvalue weighted by molar-refractivity contribution is 6.05. The van der Waals surface area contributed by atoms with Crippen LogP contribution < -0.4 is 0 Å². The quantitative estimate of drug-likeness (QED) is 0.282. The van der Waals surface area contributed by atoms with Crippen LogP contribution in [0.1, 0.15) is 66.1 Å². The molecule has 0 unspecified atom stereocenters. The maximum Gasteiger partial charge on any atom is 0.109 e. The van der Waals surface area contributed by atoms with E-state index in [4.69, 9.17) is 0 Å². The van der Waals surface area contributed by atoms with Gasteiger partial charge in [0.2, 0.25) is 0 Å². The van der Waals surface area contributed by atoms with Crippen molar-refractivity contribution in [1.82, 2.24) is 0 Å². The lowest BCUT2D eigenvalue weighted by Crippen LogP contribution is -2.20.